The van der Waals surface area contributed by atoms with Gasteiger partial charge in [0.05, 0.1) is 10.7 Å². The second kappa shape index (κ2) is 5.89. The summed E-state index contributed by atoms with van der Waals surface area (Å²) < 4.78 is 47.3. The molecule has 96 valence electrons. The number of sulfone groups is 1. The molecule has 0 aromatic carbocycles. The van der Waals surface area contributed by atoms with Crippen LogP contribution in [0.1, 0.15) is 13.8 Å². The predicted molar refractivity (Wildman–Crippen MR) is 67.5 cm³/mol. The lowest BCUT2D eigenvalue weighted by Crippen LogP contribution is -2.41. The van der Waals surface area contributed by atoms with Gasteiger partial charge in [0.15, 0.2) is 9.84 Å². The standard InChI is InChI=1S/C7H16N2O4S3/c1-3-15(10,11)5-4-9-16(12,13)6(2)7(8)14/h6,9H,3-5H2,1-2H3,(H2,8,14). The number of hydrogen-bond donors (Lipinski definition) is 2. The van der Waals surface area contributed by atoms with Crippen LogP contribution in [0.3, 0.4) is 0 Å². The van der Waals surface area contributed by atoms with Crippen molar-refractivity contribution in [3.63, 3.8) is 0 Å². The van der Waals surface area contributed by atoms with Gasteiger partial charge < -0.3 is 5.73 Å². The molecule has 3 N–H and O–H groups in total. The lowest BCUT2D eigenvalue weighted by molar-refractivity contribution is 0.578. The highest BCUT2D eigenvalue weighted by atomic mass is 32.2. The molecule has 16 heavy (non-hydrogen) atoms. The Hall–Kier alpha value is -0.250. The van der Waals surface area contributed by atoms with Crippen LogP contribution < -0.4 is 10.5 Å². The van der Waals surface area contributed by atoms with Gasteiger partial charge in [0.1, 0.15) is 5.25 Å². The van der Waals surface area contributed by atoms with E-state index in [1.54, 1.807) is 0 Å². The zero-order valence-corrected chi connectivity index (χ0v) is 11.6. The number of thiocarbonyl (C=S) groups is 1. The summed E-state index contributed by atoms with van der Waals surface area (Å²) in [6.07, 6.45) is 0. The summed E-state index contributed by atoms with van der Waals surface area (Å²) in [5.41, 5.74) is 5.20. The van der Waals surface area contributed by atoms with Crippen molar-refractivity contribution in [1.29, 1.82) is 0 Å². The van der Waals surface area contributed by atoms with Gasteiger partial charge in [-0.1, -0.05) is 19.1 Å². The Labute approximate surface area is 102 Å². The zero-order valence-electron chi connectivity index (χ0n) is 9.13. The molecule has 0 aliphatic rings. The van der Waals surface area contributed by atoms with E-state index in [1.807, 2.05) is 0 Å². The molecule has 0 saturated carbocycles. The summed E-state index contributed by atoms with van der Waals surface area (Å²) in [6.45, 7) is 2.69. The Morgan fingerprint density at radius 3 is 2.25 bits per heavy atom. The van der Waals surface area contributed by atoms with E-state index in [4.69, 9.17) is 5.73 Å². The molecule has 6 nitrogen and oxygen atoms in total. The lowest BCUT2D eigenvalue weighted by atomic mass is 10.5. The molecule has 0 rings (SSSR count). The molecule has 0 aliphatic heterocycles. The first-order valence-corrected chi connectivity index (χ1v) is 8.38. The summed E-state index contributed by atoms with van der Waals surface area (Å²) in [5, 5.41) is -1.01. The van der Waals surface area contributed by atoms with Gasteiger partial charge in [0.2, 0.25) is 10.0 Å². The minimum absolute atomic E-state index is 0.0143. The van der Waals surface area contributed by atoms with Crippen LogP contribution in [0.25, 0.3) is 0 Å². The highest BCUT2D eigenvalue weighted by Gasteiger charge is 2.23. The smallest absolute Gasteiger partial charge is 0.220 e. The van der Waals surface area contributed by atoms with E-state index in [-0.39, 0.29) is 23.0 Å². The molecule has 1 atom stereocenters. The summed E-state index contributed by atoms with van der Waals surface area (Å²) in [6, 6.07) is 0. The first-order chi connectivity index (χ1) is 7.12. The molecule has 0 radical (unpaired) electrons. The van der Waals surface area contributed by atoms with E-state index in [9.17, 15) is 16.8 Å². The molecule has 0 saturated heterocycles. The summed E-state index contributed by atoms with van der Waals surface area (Å²) >= 11 is 4.55. The van der Waals surface area contributed by atoms with Gasteiger partial charge in [-0.15, -0.1) is 0 Å². The van der Waals surface area contributed by atoms with Crippen LogP contribution in [0, 0.1) is 0 Å². The molecular formula is C7H16N2O4S3. The van der Waals surface area contributed by atoms with Crippen molar-refractivity contribution in [2.24, 2.45) is 5.73 Å². The lowest BCUT2D eigenvalue weighted by Gasteiger charge is -2.12. The van der Waals surface area contributed by atoms with Gasteiger partial charge in [-0.25, -0.2) is 21.6 Å². The minimum atomic E-state index is -3.67. The van der Waals surface area contributed by atoms with Crippen LogP contribution in [-0.2, 0) is 19.9 Å². The van der Waals surface area contributed by atoms with Gasteiger partial charge in [0.25, 0.3) is 0 Å². The van der Waals surface area contributed by atoms with E-state index >= 15 is 0 Å². The second-order valence-corrected chi connectivity index (χ2v) is 8.25. The monoisotopic (exact) mass is 288 g/mol. The molecule has 1 unspecified atom stereocenters. The topological polar surface area (TPSA) is 106 Å². The quantitative estimate of drug-likeness (QED) is 0.583. The van der Waals surface area contributed by atoms with Crippen LogP contribution in [-0.4, -0.2) is 45.1 Å². The highest BCUT2D eigenvalue weighted by Crippen LogP contribution is 1.98. The summed E-state index contributed by atoms with van der Waals surface area (Å²) in [5.74, 6) is -0.244. The SMILES string of the molecule is CCS(=O)(=O)CCNS(=O)(=O)C(C)C(N)=S. The van der Waals surface area contributed by atoms with Crippen molar-refractivity contribution in [2.75, 3.05) is 18.1 Å². The van der Waals surface area contributed by atoms with Crippen LogP contribution in [0.4, 0.5) is 0 Å². The maximum absolute atomic E-state index is 11.5. The Morgan fingerprint density at radius 2 is 1.88 bits per heavy atom. The number of nitrogens with one attached hydrogen (secondary N) is 1. The molecule has 9 heteroatoms. The molecule has 0 spiro atoms. The number of nitrogens with two attached hydrogens (primary N) is 1. The molecule has 0 heterocycles. The van der Waals surface area contributed by atoms with Gasteiger partial charge in [-0.05, 0) is 6.92 Å². The van der Waals surface area contributed by atoms with Gasteiger partial charge in [-0.2, -0.15) is 0 Å². The van der Waals surface area contributed by atoms with Gasteiger partial charge in [-0.3, -0.25) is 0 Å². The van der Waals surface area contributed by atoms with E-state index in [2.05, 4.69) is 16.9 Å². The highest BCUT2D eigenvalue weighted by molar-refractivity contribution is 7.93. The van der Waals surface area contributed by atoms with Crippen molar-refractivity contribution in [3.05, 3.63) is 0 Å². The molecule has 0 aromatic rings. The van der Waals surface area contributed by atoms with Gasteiger partial charge in [0, 0.05) is 12.3 Å². The average molecular weight is 288 g/mol. The Balaban J connectivity index is 4.38. The summed E-state index contributed by atoms with van der Waals surface area (Å²) in [7, 11) is -6.85. The third kappa shape index (κ3) is 5.19. The van der Waals surface area contributed by atoms with E-state index < -0.39 is 25.1 Å². The minimum Gasteiger partial charge on any atom is -0.392 e. The van der Waals surface area contributed by atoms with E-state index in [0.29, 0.717) is 0 Å². The molecule has 0 bridgehead atoms. The van der Waals surface area contributed by atoms with Gasteiger partial charge >= 0.3 is 0 Å². The van der Waals surface area contributed by atoms with Crippen LogP contribution in [0.5, 0.6) is 0 Å². The molecule has 0 aromatic heterocycles. The Bertz CT molecular complexity index is 440. The Kier molecular flexibility index (Phi) is 5.80. The maximum atomic E-state index is 11.5. The van der Waals surface area contributed by atoms with Crippen molar-refractivity contribution in [2.45, 2.75) is 19.1 Å². The molecule has 0 amide bonds. The third-order valence-electron chi connectivity index (χ3n) is 2.02. The fraction of sp³-hybridized carbons (Fsp3) is 0.857. The maximum Gasteiger partial charge on any atom is 0.220 e. The fourth-order valence-electron chi connectivity index (χ4n) is 0.762. The van der Waals surface area contributed by atoms with Crippen molar-refractivity contribution in [1.82, 2.24) is 4.72 Å². The number of sulfonamides is 1. The molecule has 0 fully saturated rings. The van der Waals surface area contributed by atoms with Crippen molar-refractivity contribution >= 4 is 37.1 Å². The second-order valence-electron chi connectivity index (χ2n) is 3.22. The molecule has 0 aliphatic carbocycles. The number of hydrogen-bond acceptors (Lipinski definition) is 5. The normalized spacial score (nSPS) is 14.6. The predicted octanol–water partition coefficient (Wildman–Crippen LogP) is -0.985. The largest absolute Gasteiger partial charge is 0.392 e. The zero-order chi connectivity index (χ0) is 13.0. The first-order valence-electron chi connectivity index (χ1n) is 4.60. The Morgan fingerprint density at radius 1 is 1.38 bits per heavy atom. The van der Waals surface area contributed by atoms with Crippen molar-refractivity contribution in [3.8, 4) is 0 Å². The molecular weight excluding hydrogens is 272 g/mol. The fourth-order valence-corrected chi connectivity index (χ4v) is 2.92. The van der Waals surface area contributed by atoms with Crippen molar-refractivity contribution < 1.29 is 16.8 Å². The van der Waals surface area contributed by atoms with Crippen LogP contribution in [0.2, 0.25) is 0 Å². The van der Waals surface area contributed by atoms with Crippen LogP contribution >= 0.6 is 12.2 Å². The van der Waals surface area contributed by atoms with Crippen LogP contribution in [0.15, 0.2) is 0 Å². The average Bonchev–Trinajstić information content (AvgIpc) is 2.15. The third-order valence-corrected chi connectivity index (χ3v) is 6.02. The van der Waals surface area contributed by atoms with E-state index in [1.165, 1.54) is 13.8 Å². The van der Waals surface area contributed by atoms with E-state index in [0.717, 1.165) is 0 Å². The summed E-state index contributed by atoms with van der Waals surface area (Å²) in [4.78, 5) is -0.147. The number of rotatable bonds is 7. The first kappa shape index (κ1) is 15.8.